The summed E-state index contributed by atoms with van der Waals surface area (Å²) in [5.74, 6) is 0.110. The number of carbonyl (C=O) groups is 2. The van der Waals surface area contributed by atoms with E-state index < -0.39 is 0 Å². The van der Waals surface area contributed by atoms with Gasteiger partial charge in [-0.15, -0.1) is 11.3 Å². The molecule has 1 aliphatic rings. The van der Waals surface area contributed by atoms with E-state index >= 15 is 0 Å². The number of hydrogen-bond donors (Lipinski definition) is 1. The van der Waals surface area contributed by atoms with Crippen molar-refractivity contribution < 1.29 is 9.59 Å². The van der Waals surface area contributed by atoms with Gasteiger partial charge in [0.1, 0.15) is 9.88 Å². The highest BCUT2D eigenvalue weighted by molar-refractivity contribution is 7.17. The number of benzene rings is 2. The maximum absolute atomic E-state index is 13.2. The molecule has 4 aromatic rings. The van der Waals surface area contributed by atoms with Crippen molar-refractivity contribution in [1.29, 1.82) is 0 Å². The molecule has 1 saturated heterocycles. The zero-order valence-electron chi connectivity index (χ0n) is 19.5. The topological polar surface area (TPSA) is 69.3 Å². The fourth-order valence-electron chi connectivity index (χ4n) is 4.46. The van der Waals surface area contributed by atoms with E-state index in [0.717, 1.165) is 39.2 Å². The van der Waals surface area contributed by atoms with Gasteiger partial charge in [0.25, 0.3) is 5.91 Å². The average Bonchev–Trinajstić information content (AvgIpc) is 3.47. The molecular formula is C27H28N4O2S. The lowest BCUT2D eigenvalue weighted by molar-refractivity contribution is -0.131. The molecule has 0 spiro atoms. The minimum atomic E-state index is 0.00940. The van der Waals surface area contributed by atoms with Gasteiger partial charge in [0.15, 0.2) is 0 Å². The summed E-state index contributed by atoms with van der Waals surface area (Å²) >= 11 is 1.45. The predicted molar refractivity (Wildman–Crippen MR) is 136 cm³/mol. The highest BCUT2D eigenvalue weighted by atomic mass is 32.1. The molecule has 1 fully saturated rings. The smallest absolute Gasteiger partial charge is 0.265 e. The Balaban J connectivity index is 1.22. The second-order valence-corrected chi connectivity index (χ2v) is 9.69. The molecule has 7 heteroatoms. The van der Waals surface area contributed by atoms with Crippen LogP contribution in [0.3, 0.4) is 0 Å². The number of carbonyl (C=O) groups excluding carboxylic acids is 2. The number of aromatic amines is 1. The second-order valence-electron chi connectivity index (χ2n) is 8.69. The summed E-state index contributed by atoms with van der Waals surface area (Å²) in [6.45, 7) is 6.21. The van der Waals surface area contributed by atoms with E-state index in [0.29, 0.717) is 37.5 Å². The minimum Gasteiger partial charge on any atom is -0.361 e. The van der Waals surface area contributed by atoms with Crippen LogP contribution in [0.4, 0.5) is 0 Å². The quantitative estimate of drug-likeness (QED) is 0.458. The van der Waals surface area contributed by atoms with E-state index in [1.807, 2.05) is 47.2 Å². The van der Waals surface area contributed by atoms with E-state index in [9.17, 15) is 9.59 Å². The third-order valence-electron chi connectivity index (χ3n) is 6.54. The van der Waals surface area contributed by atoms with Crippen molar-refractivity contribution in [3.8, 4) is 10.6 Å². The Kier molecular flexibility index (Phi) is 6.20. The molecule has 0 bridgehead atoms. The summed E-state index contributed by atoms with van der Waals surface area (Å²) in [5.41, 5.74) is 5.14. The molecule has 0 unspecified atom stereocenters. The molecule has 6 nitrogen and oxygen atoms in total. The van der Waals surface area contributed by atoms with Crippen LogP contribution in [-0.4, -0.2) is 57.8 Å². The molecule has 0 atom stereocenters. The number of piperazine rings is 1. The Morgan fingerprint density at radius 3 is 2.44 bits per heavy atom. The van der Waals surface area contributed by atoms with E-state index in [-0.39, 0.29) is 11.8 Å². The highest BCUT2D eigenvalue weighted by Crippen LogP contribution is 2.29. The van der Waals surface area contributed by atoms with Crippen LogP contribution in [0, 0.1) is 6.92 Å². The van der Waals surface area contributed by atoms with Crippen LogP contribution in [0.1, 0.15) is 33.4 Å². The number of H-pyrrole nitrogens is 1. The van der Waals surface area contributed by atoms with Gasteiger partial charge in [-0.3, -0.25) is 9.59 Å². The molecule has 0 aliphatic carbocycles. The minimum absolute atomic E-state index is 0.00940. The van der Waals surface area contributed by atoms with Crippen molar-refractivity contribution in [2.75, 3.05) is 26.2 Å². The van der Waals surface area contributed by atoms with Crippen molar-refractivity contribution in [3.63, 3.8) is 0 Å². The standard InChI is InChI=1S/C27H28N4O2S/c1-3-19-8-10-20(11-9-19)26-29-18(2)25(34-26)27(33)31-14-12-30(13-15-31)24(32)16-21-17-28-23-7-5-4-6-22(21)23/h4-11,17,28H,3,12-16H2,1-2H3. The molecule has 174 valence electrons. The normalized spacial score (nSPS) is 14.1. The first-order chi connectivity index (χ1) is 16.5. The first-order valence-electron chi connectivity index (χ1n) is 11.7. The molecule has 2 aromatic carbocycles. The van der Waals surface area contributed by atoms with Crippen molar-refractivity contribution >= 4 is 34.1 Å². The summed E-state index contributed by atoms with van der Waals surface area (Å²) < 4.78 is 0. The van der Waals surface area contributed by atoms with Crippen LogP contribution in [0.5, 0.6) is 0 Å². The Morgan fingerprint density at radius 1 is 1.00 bits per heavy atom. The lowest BCUT2D eigenvalue weighted by atomic mass is 10.1. The highest BCUT2D eigenvalue weighted by Gasteiger charge is 2.27. The average molecular weight is 473 g/mol. The molecule has 5 rings (SSSR count). The first kappa shape index (κ1) is 22.3. The monoisotopic (exact) mass is 472 g/mol. The van der Waals surface area contributed by atoms with Crippen LogP contribution in [0.15, 0.2) is 54.7 Å². The van der Waals surface area contributed by atoms with Crippen molar-refractivity contribution in [2.24, 2.45) is 0 Å². The Hall–Kier alpha value is -3.45. The molecular weight excluding hydrogens is 444 g/mol. The fraction of sp³-hybridized carbons (Fsp3) is 0.296. The largest absolute Gasteiger partial charge is 0.361 e. The Labute approximate surface area is 203 Å². The maximum atomic E-state index is 13.2. The Bertz CT molecular complexity index is 1330. The lowest BCUT2D eigenvalue weighted by Gasteiger charge is -2.34. The van der Waals surface area contributed by atoms with E-state index in [1.165, 1.54) is 16.9 Å². The van der Waals surface area contributed by atoms with Gasteiger partial charge in [-0.25, -0.2) is 4.98 Å². The zero-order chi connectivity index (χ0) is 23.7. The summed E-state index contributed by atoms with van der Waals surface area (Å²) in [4.78, 5) is 38.5. The molecule has 0 saturated carbocycles. The molecule has 2 amide bonds. The number of hydrogen-bond acceptors (Lipinski definition) is 4. The summed E-state index contributed by atoms with van der Waals surface area (Å²) in [5, 5.41) is 1.96. The van der Waals surface area contributed by atoms with Gasteiger partial charge in [0.05, 0.1) is 12.1 Å². The van der Waals surface area contributed by atoms with Gasteiger partial charge in [-0.05, 0) is 30.5 Å². The van der Waals surface area contributed by atoms with Crippen LogP contribution in [0.25, 0.3) is 21.5 Å². The third kappa shape index (κ3) is 4.35. The van der Waals surface area contributed by atoms with Crippen molar-refractivity contribution in [2.45, 2.75) is 26.7 Å². The van der Waals surface area contributed by atoms with Crippen LogP contribution in [-0.2, 0) is 17.6 Å². The molecule has 34 heavy (non-hydrogen) atoms. The van der Waals surface area contributed by atoms with Crippen LogP contribution in [0.2, 0.25) is 0 Å². The Morgan fingerprint density at radius 2 is 1.71 bits per heavy atom. The first-order valence-corrected chi connectivity index (χ1v) is 12.5. The lowest BCUT2D eigenvalue weighted by Crippen LogP contribution is -2.51. The van der Waals surface area contributed by atoms with Gasteiger partial charge in [0, 0.05) is 48.8 Å². The number of thiazole rings is 1. The number of para-hydroxylation sites is 1. The van der Waals surface area contributed by atoms with Gasteiger partial charge < -0.3 is 14.8 Å². The second kappa shape index (κ2) is 9.43. The summed E-state index contributed by atoms with van der Waals surface area (Å²) in [7, 11) is 0. The summed E-state index contributed by atoms with van der Waals surface area (Å²) in [6, 6.07) is 16.4. The maximum Gasteiger partial charge on any atom is 0.265 e. The third-order valence-corrected chi connectivity index (χ3v) is 7.73. The number of amides is 2. The van der Waals surface area contributed by atoms with E-state index in [1.54, 1.807) is 0 Å². The zero-order valence-corrected chi connectivity index (χ0v) is 20.3. The van der Waals surface area contributed by atoms with Gasteiger partial charge in [-0.1, -0.05) is 49.4 Å². The van der Waals surface area contributed by atoms with Gasteiger partial charge in [-0.2, -0.15) is 0 Å². The van der Waals surface area contributed by atoms with Crippen molar-refractivity contribution in [1.82, 2.24) is 19.8 Å². The fourth-order valence-corrected chi connectivity index (χ4v) is 5.50. The number of rotatable bonds is 5. The van der Waals surface area contributed by atoms with Crippen LogP contribution >= 0.6 is 11.3 Å². The molecule has 3 heterocycles. The molecule has 1 aliphatic heterocycles. The number of aromatic nitrogens is 2. The van der Waals surface area contributed by atoms with Crippen LogP contribution < -0.4 is 0 Å². The van der Waals surface area contributed by atoms with E-state index in [2.05, 4.69) is 41.2 Å². The number of fused-ring (bicyclic) bond motifs is 1. The SMILES string of the molecule is CCc1ccc(-c2nc(C)c(C(=O)N3CCN(C(=O)Cc4c[nH]c5ccccc45)CC3)s2)cc1. The number of nitrogens with one attached hydrogen (secondary N) is 1. The molecule has 1 N–H and O–H groups in total. The number of nitrogens with zero attached hydrogens (tertiary/aromatic N) is 3. The van der Waals surface area contributed by atoms with Crippen molar-refractivity contribution in [3.05, 3.63) is 76.4 Å². The van der Waals surface area contributed by atoms with Gasteiger partial charge >= 0.3 is 0 Å². The molecule has 2 aromatic heterocycles. The summed E-state index contributed by atoms with van der Waals surface area (Å²) in [6.07, 6.45) is 3.28. The van der Waals surface area contributed by atoms with E-state index in [4.69, 9.17) is 0 Å². The molecule has 0 radical (unpaired) electrons. The van der Waals surface area contributed by atoms with Gasteiger partial charge in [0.2, 0.25) is 5.91 Å². The predicted octanol–water partition coefficient (Wildman–Crippen LogP) is 4.69. The number of aryl methyl sites for hydroxylation is 2.